The van der Waals surface area contributed by atoms with Gasteiger partial charge in [0.1, 0.15) is 5.75 Å². The van der Waals surface area contributed by atoms with E-state index in [9.17, 15) is 4.79 Å². The molecule has 1 aromatic carbocycles. The number of rotatable bonds is 3. The van der Waals surface area contributed by atoms with E-state index in [2.05, 4.69) is 5.32 Å². The molecule has 5 nitrogen and oxygen atoms in total. The average Bonchev–Trinajstić information content (AvgIpc) is 2.98. The molecule has 0 spiro atoms. The van der Waals surface area contributed by atoms with Gasteiger partial charge in [-0.2, -0.15) is 0 Å². The van der Waals surface area contributed by atoms with Gasteiger partial charge in [0, 0.05) is 22.7 Å². The fourth-order valence-corrected chi connectivity index (χ4v) is 2.32. The highest BCUT2D eigenvalue weighted by atomic mass is 35.5. The third-order valence-corrected chi connectivity index (χ3v) is 3.15. The minimum absolute atomic E-state index is 0.202. The van der Waals surface area contributed by atoms with Gasteiger partial charge in [0.25, 0.3) is 5.91 Å². The standard InChI is InChI=1S/C14H12ClNO4/c15-11-4-9(13-10(5-11)7-18-8-20-13)6-16-14(17)12-2-1-3-19-12/h1-5H,6-8H2,(H,16,17). The van der Waals surface area contributed by atoms with Crippen LogP contribution in [0.2, 0.25) is 5.02 Å². The molecule has 20 heavy (non-hydrogen) atoms. The number of amides is 1. The second kappa shape index (κ2) is 5.56. The fraction of sp³-hybridized carbons (Fsp3) is 0.214. The van der Waals surface area contributed by atoms with E-state index in [0.717, 1.165) is 16.9 Å². The summed E-state index contributed by atoms with van der Waals surface area (Å²) in [5.74, 6) is 0.710. The Labute approximate surface area is 120 Å². The third kappa shape index (κ3) is 2.64. The van der Waals surface area contributed by atoms with Crippen LogP contribution >= 0.6 is 11.6 Å². The maximum Gasteiger partial charge on any atom is 0.287 e. The summed E-state index contributed by atoms with van der Waals surface area (Å²) < 4.78 is 15.7. The van der Waals surface area contributed by atoms with Crippen molar-refractivity contribution in [3.63, 3.8) is 0 Å². The number of fused-ring (bicyclic) bond motifs is 1. The van der Waals surface area contributed by atoms with Crippen LogP contribution in [0.1, 0.15) is 21.7 Å². The predicted octanol–water partition coefficient (Wildman–Crippen LogP) is 2.73. The van der Waals surface area contributed by atoms with Gasteiger partial charge in [-0.15, -0.1) is 0 Å². The molecule has 0 aliphatic carbocycles. The van der Waals surface area contributed by atoms with Crippen molar-refractivity contribution >= 4 is 17.5 Å². The molecule has 0 radical (unpaired) electrons. The van der Waals surface area contributed by atoms with E-state index in [1.54, 1.807) is 24.3 Å². The zero-order chi connectivity index (χ0) is 13.9. The molecule has 1 aliphatic rings. The van der Waals surface area contributed by atoms with Crippen LogP contribution in [0.15, 0.2) is 34.9 Å². The highest BCUT2D eigenvalue weighted by Crippen LogP contribution is 2.31. The predicted molar refractivity (Wildman–Crippen MR) is 71.6 cm³/mol. The SMILES string of the molecule is O=C(NCc1cc(Cl)cc2c1OCOC2)c1ccco1. The van der Waals surface area contributed by atoms with Gasteiger partial charge in [0.05, 0.1) is 12.9 Å². The second-order valence-electron chi connectivity index (χ2n) is 4.32. The Morgan fingerprint density at radius 3 is 3.10 bits per heavy atom. The summed E-state index contributed by atoms with van der Waals surface area (Å²) in [6.07, 6.45) is 1.45. The number of carbonyl (C=O) groups is 1. The highest BCUT2D eigenvalue weighted by molar-refractivity contribution is 6.30. The first kappa shape index (κ1) is 13.0. The molecule has 2 aromatic rings. The van der Waals surface area contributed by atoms with E-state index in [1.807, 2.05) is 0 Å². The van der Waals surface area contributed by atoms with Gasteiger partial charge in [-0.05, 0) is 24.3 Å². The normalized spacial score (nSPS) is 13.4. The van der Waals surface area contributed by atoms with Crippen LogP contribution < -0.4 is 10.1 Å². The summed E-state index contributed by atoms with van der Waals surface area (Å²) in [6.45, 7) is 0.964. The van der Waals surface area contributed by atoms with Crippen molar-refractivity contribution < 1.29 is 18.7 Å². The molecule has 0 unspecified atom stereocenters. The topological polar surface area (TPSA) is 60.7 Å². The summed E-state index contributed by atoms with van der Waals surface area (Å²) in [4.78, 5) is 11.8. The Balaban J connectivity index is 1.77. The molecular formula is C14H12ClNO4. The highest BCUT2D eigenvalue weighted by Gasteiger charge is 2.17. The molecule has 1 amide bonds. The van der Waals surface area contributed by atoms with Gasteiger partial charge in [-0.25, -0.2) is 0 Å². The molecule has 6 heteroatoms. The third-order valence-electron chi connectivity index (χ3n) is 2.94. The molecule has 0 saturated heterocycles. The fourth-order valence-electron chi connectivity index (χ4n) is 2.06. The first-order valence-electron chi connectivity index (χ1n) is 6.07. The first-order valence-corrected chi connectivity index (χ1v) is 6.45. The molecular weight excluding hydrogens is 282 g/mol. The number of halogens is 1. The maximum atomic E-state index is 11.8. The Kier molecular flexibility index (Phi) is 3.62. The average molecular weight is 294 g/mol. The quantitative estimate of drug-likeness (QED) is 0.945. The Hall–Kier alpha value is -1.98. The first-order chi connectivity index (χ1) is 9.74. The Morgan fingerprint density at radius 2 is 2.30 bits per heavy atom. The zero-order valence-electron chi connectivity index (χ0n) is 10.5. The summed E-state index contributed by atoms with van der Waals surface area (Å²) in [7, 11) is 0. The Morgan fingerprint density at radius 1 is 1.40 bits per heavy atom. The van der Waals surface area contributed by atoms with Crippen molar-refractivity contribution in [2.75, 3.05) is 6.79 Å². The number of nitrogens with one attached hydrogen (secondary N) is 1. The lowest BCUT2D eigenvalue weighted by Gasteiger charge is -2.21. The van der Waals surface area contributed by atoms with Crippen LogP contribution in [0.3, 0.4) is 0 Å². The van der Waals surface area contributed by atoms with Crippen LogP contribution in [0, 0.1) is 0 Å². The number of hydrogen-bond donors (Lipinski definition) is 1. The van der Waals surface area contributed by atoms with Crippen molar-refractivity contribution in [2.24, 2.45) is 0 Å². The lowest BCUT2D eigenvalue weighted by molar-refractivity contribution is -0.0170. The summed E-state index contributed by atoms with van der Waals surface area (Å²) >= 11 is 6.05. The molecule has 0 bridgehead atoms. The number of benzene rings is 1. The van der Waals surface area contributed by atoms with Gasteiger partial charge in [-0.1, -0.05) is 11.6 Å². The lowest BCUT2D eigenvalue weighted by atomic mass is 10.1. The molecule has 1 aromatic heterocycles. The van der Waals surface area contributed by atoms with E-state index in [-0.39, 0.29) is 18.5 Å². The minimum Gasteiger partial charge on any atom is -0.467 e. The molecule has 3 rings (SSSR count). The monoisotopic (exact) mass is 293 g/mol. The minimum atomic E-state index is -0.282. The van der Waals surface area contributed by atoms with Crippen molar-refractivity contribution in [3.8, 4) is 5.75 Å². The molecule has 104 valence electrons. The molecule has 0 fully saturated rings. The molecule has 2 heterocycles. The zero-order valence-corrected chi connectivity index (χ0v) is 11.3. The molecule has 0 atom stereocenters. The number of furan rings is 1. The van der Waals surface area contributed by atoms with Gasteiger partial charge in [-0.3, -0.25) is 4.79 Å². The Bertz CT molecular complexity index is 624. The molecule has 1 aliphatic heterocycles. The molecule has 0 saturated carbocycles. The van der Waals surface area contributed by atoms with Crippen LogP contribution in [-0.4, -0.2) is 12.7 Å². The van der Waals surface area contributed by atoms with E-state index in [4.69, 9.17) is 25.5 Å². The van der Waals surface area contributed by atoms with Gasteiger partial charge in [0.15, 0.2) is 12.6 Å². The summed E-state index contributed by atoms with van der Waals surface area (Å²) in [6, 6.07) is 6.84. The van der Waals surface area contributed by atoms with E-state index in [1.165, 1.54) is 6.26 Å². The second-order valence-corrected chi connectivity index (χ2v) is 4.76. The number of ether oxygens (including phenoxy) is 2. The van der Waals surface area contributed by atoms with Crippen LogP contribution in [0.4, 0.5) is 0 Å². The van der Waals surface area contributed by atoms with Gasteiger partial charge < -0.3 is 19.2 Å². The van der Waals surface area contributed by atoms with Crippen molar-refractivity contribution in [3.05, 3.63) is 52.4 Å². The summed E-state index contributed by atoms with van der Waals surface area (Å²) in [5, 5.41) is 3.35. The van der Waals surface area contributed by atoms with Crippen molar-refractivity contribution in [1.29, 1.82) is 0 Å². The largest absolute Gasteiger partial charge is 0.467 e. The smallest absolute Gasteiger partial charge is 0.287 e. The number of carbonyl (C=O) groups excluding carboxylic acids is 1. The van der Waals surface area contributed by atoms with Gasteiger partial charge in [0.2, 0.25) is 0 Å². The van der Waals surface area contributed by atoms with Crippen molar-refractivity contribution in [2.45, 2.75) is 13.2 Å². The van der Waals surface area contributed by atoms with Crippen molar-refractivity contribution in [1.82, 2.24) is 5.32 Å². The number of hydrogen-bond acceptors (Lipinski definition) is 4. The van der Waals surface area contributed by atoms with Crippen LogP contribution in [0.5, 0.6) is 5.75 Å². The van der Waals surface area contributed by atoms with Crippen LogP contribution in [-0.2, 0) is 17.9 Å². The van der Waals surface area contributed by atoms with E-state index >= 15 is 0 Å². The summed E-state index contributed by atoms with van der Waals surface area (Å²) in [5.41, 5.74) is 1.70. The lowest BCUT2D eigenvalue weighted by Crippen LogP contribution is -2.23. The van der Waals surface area contributed by atoms with E-state index < -0.39 is 0 Å². The molecule has 1 N–H and O–H groups in total. The van der Waals surface area contributed by atoms with E-state index in [0.29, 0.717) is 18.2 Å². The van der Waals surface area contributed by atoms with Gasteiger partial charge >= 0.3 is 0 Å². The van der Waals surface area contributed by atoms with Crippen LogP contribution in [0.25, 0.3) is 0 Å². The maximum absolute atomic E-state index is 11.8.